The predicted molar refractivity (Wildman–Crippen MR) is 310 cm³/mol. The molecule has 2 aromatic rings. The van der Waals surface area contributed by atoms with Gasteiger partial charge in [-0.3, -0.25) is 38.4 Å². The monoisotopic (exact) mass is 1230 g/mol. The van der Waals surface area contributed by atoms with Gasteiger partial charge in [-0.1, -0.05) is 110 Å². The number of benzene rings is 2. The van der Waals surface area contributed by atoms with E-state index in [2.05, 4.69) is 20.4 Å². The van der Waals surface area contributed by atoms with Crippen molar-refractivity contribution in [3.05, 3.63) is 69.7 Å². The molecule has 0 bridgehead atoms. The van der Waals surface area contributed by atoms with Crippen LogP contribution in [0, 0.1) is 23.7 Å². The van der Waals surface area contributed by atoms with Crippen LogP contribution in [0.2, 0.25) is 10.0 Å². The van der Waals surface area contributed by atoms with Crippen molar-refractivity contribution in [3.8, 4) is 0 Å². The third-order valence-electron chi connectivity index (χ3n) is 13.2. The van der Waals surface area contributed by atoms with Gasteiger partial charge in [-0.25, -0.2) is 9.79 Å². The zero-order valence-corrected chi connectivity index (χ0v) is 56.9. The van der Waals surface area contributed by atoms with Gasteiger partial charge in [0.05, 0.1) is 54.1 Å². The fraction of sp³-hybridized carbons (Fsp3) is 0.596. The van der Waals surface area contributed by atoms with Gasteiger partial charge in [0.2, 0.25) is 17.1 Å². The Kier molecular flexibility index (Phi) is 43.2. The molecule has 448 valence electrons. The molecular weight excluding hydrogens is 1150 g/mol. The number of carbonyl (C=O) groups excluding carboxylic acids is 10. The number of cyclic esters (lactones) is 1. The van der Waals surface area contributed by atoms with Crippen molar-refractivity contribution in [2.24, 2.45) is 34.4 Å². The van der Waals surface area contributed by atoms with Gasteiger partial charge in [-0.15, -0.1) is 12.4 Å². The van der Waals surface area contributed by atoms with Crippen LogP contribution in [-0.2, 0) is 62.2 Å². The first-order valence-electron chi connectivity index (χ1n) is 25.5. The second-order valence-corrected chi connectivity index (χ2v) is 21.6. The van der Waals surface area contributed by atoms with Crippen LogP contribution in [0.15, 0.2) is 53.5 Å². The molecule has 3 rings (SSSR count). The van der Waals surface area contributed by atoms with Crippen LogP contribution in [0.3, 0.4) is 0 Å². The van der Waals surface area contributed by atoms with E-state index in [4.69, 9.17) is 50.0 Å². The van der Waals surface area contributed by atoms with Gasteiger partial charge in [0.1, 0.15) is 12.2 Å². The number of carbonyl (C=O) groups is 10. The maximum Gasteiger partial charge on any atom is 1.00 e. The summed E-state index contributed by atoms with van der Waals surface area (Å²) in [5, 5.41) is 16.1. The number of amides is 2. The van der Waals surface area contributed by atoms with Gasteiger partial charge in [0, 0.05) is 23.9 Å². The molecular formula is C57H87Cl4KN4O14. The van der Waals surface area contributed by atoms with Crippen molar-refractivity contribution in [3.63, 3.8) is 0 Å². The van der Waals surface area contributed by atoms with Crippen molar-refractivity contribution in [1.82, 2.24) is 10.6 Å². The minimum absolute atomic E-state index is 0. The fourth-order valence-corrected chi connectivity index (χ4v) is 6.33. The first-order chi connectivity index (χ1) is 35.5. The van der Waals surface area contributed by atoms with Crippen LogP contribution in [0.4, 0.5) is 0 Å². The molecule has 0 radical (unpaired) electrons. The van der Waals surface area contributed by atoms with Gasteiger partial charge in [-0.2, -0.15) is 0 Å². The average molecular weight is 1230 g/mol. The summed E-state index contributed by atoms with van der Waals surface area (Å²) in [6.07, 6.45) is -0.976. The summed E-state index contributed by atoms with van der Waals surface area (Å²) in [4.78, 5) is 115. The number of hydrogen-bond donors (Lipinski definition) is 3. The number of ether oxygens (including phenoxy) is 3. The zero-order valence-electron chi connectivity index (χ0n) is 50.7. The topological polar surface area (TPSA) is 284 Å². The molecule has 1 aliphatic heterocycles. The van der Waals surface area contributed by atoms with Crippen LogP contribution in [-0.4, -0.2) is 99.6 Å². The number of nitrogens with zero attached hydrogens (tertiary/aromatic N) is 1. The van der Waals surface area contributed by atoms with Crippen LogP contribution in [0.25, 0.3) is 0 Å². The molecule has 0 fully saturated rings. The van der Waals surface area contributed by atoms with Crippen molar-refractivity contribution in [1.29, 1.82) is 0 Å². The quantitative estimate of drug-likeness (QED) is 0.0459. The molecule has 6 atom stereocenters. The molecule has 18 nitrogen and oxygen atoms in total. The number of halogens is 4. The second kappa shape index (κ2) is 40.6. The Morgan fingerprint density at radius 1 is 0.675 bits per heavy atom. The summed E-state index contributed by atoms with van der Waals surface area (Å²) < 4.78 is 13.9. The van der Waals surface area contributed by atoms with Gasteiger partial charge in [-0.05, 0) is 133 Å². The van der Waals surface area contributed by atoms with E-state index in [0.717, 1.165) is 11.1 Å². The fourth-order valence-electron chi connectivity index (χ4n) is 5.95. The molecule has 0 aliphatic carbocycles. The molecule has 0 saturated heterocycles. The number of hydrogen-bond acceptors (Lipinski definition) is 16. The van der Waals surface area contributed by atoms with Gasteiger partial charge >= 0.3 is 69.3 Å². The number of Topliss-reactive ketones (excluding diaryl/α,β-unsaturated/α-hetero) is 3. The largest absolute Gasteiger partial charge is 1.00 e. The van der Waals surface area contributed by atoms with Crippen molar-refractivity contribution in [2.75, 3.05) is 13.2 Å². The minimum atomic E-state index is -1.41. The maximum atomic E-state index is 12.4. The summed E-state index contributed by atoms with van der Waals surface area (Å²) in [7, 11) is 0. The summed E-state index contributed by atoms with van der Waals surface area (Å²) >= 11 is 16.8. The van der Waals surface area contributed by atoms with Gasteiger partial charge in [0.15, 0.2) is 23.0 Å². The maximum absolute atomic E-state index is 12.4. The standard InChI is InChI=1S/C16H22ClNO2.C12H21NO4.C9H8Cl2O.C8H13NO2.C7H15NO.C5H8O4.ClH.K/c1-10(2)16(5,12(4)19)18-15(20)11(3)13-6-8-14(17)9-7-13;1-6-17-11(16)7-10(15)12(5,8(2)3)13-9(4)14;1-6(9(11)12)7-2-4-8(10)5-3-7;1-5(2)8(4)7(10)11-6(3)9-8;1-5(2)7(4,8)6(3)9;1-2-9-5(8)3-4(6)7;;/h6-11H,1-5H3,(H,18,20);8H,6-7H2,1-5H3,(H,13,14);2-6H,1H3;5H,1-4H3;5H,8H2,1-4H3;2-3H2,1H3,(H,6,7);1H;/q;;;;;;;+1/p-1. The Morgan fingerprint density at radius 3 is 1.31 bits per heavy atom. The zero-order chi connectivity index (χ0) is 61.9. The number of nitrogens with two attached hydrogens (primary N) is 1. The molecule has 2 aromatic carbocycles. The molecule has 0 aromatic heterocycles. The van der Waals surface area contributed by atoms with E-state index in [1.165, 1.54) is 20.8 Å². The molecule has 80 heavy (non-hydrogen) atoms. The summed E-state index contributed by atoms with van der Waals surface area (Å²) in [5.74, 6) is -3.50. The Morgan fingerprint density at radius 2 is 1.06 bits per heavy atom. The predicted octanol–water partition coefficient (Wildman–Crippen LogP) is 6.27. The summed E-state index contributed by atoms with van der Waals surface area (Å²) in [6.45, 7) is 35.7. The van der Waals surface area contributed by atoms with E-state index in [1.54, 1.807) is 91.8 Å². The average Bonchev–Trinajstić information content (AvgIpc) is 3.59. The van der Waals surface area contributed by atoms with E-state index >= 15 is 0 Å². The van der Waals surface area contributed by atoms with Gasteiger partial charge < -0.3 is 40.5 Å². The van der Waals surface area contributed by atoms with Crippen LogP contribution >= 0.6 is 47.2 Å². The number of nitrogens with one attached hydrogen (secondary N) is 2. The van der Waals surface area contributed by atoms with E-state index in [1.807, 2.05) is 74.4 Å². The summed E-state index contributed by atoms with van der Waals surface area (Å²) in [6, 6.07) is 14.3. The van der Waals surface area contributed by atoms with Crippen LogP contribution in [0.1, 0.15) is 174 Å². The molecule has 1 heterocycles. The molecule has 1 aliphatic rings. The van der Waals surface area contributed by atoms with Crippen molar-refractivity contribution >= 4 is 111 Å². The van der Waals surface area contributed by atoms with E-state index in [-0.39, 0.29) is 159 Å². The number of carboxylic acids is 1. The normalized spacial score (nSPS) is 15.9. The summed E-state index contributed by atoms with van der Waals surface area (Å²) in [5.41, 5.74) is 4.27. The van der Waals surface area contributed by atoms with E-state index < -0.39 is 46.5 Å². The Balaban J connectivity index is -0.000000287. The number of aliphatic imine (C=N–C) groups is 1. The minimum Gasteiger partial charge on any atom is -0.550 e. The Labute approximate surface area is 538 Å². The molecule has 2 amide bonds. The molecule has 0 saturated carbocycles. The number of aliphatic carboxylic acids is 1. The SMILES string of the molecule is CC(=O)C(C)(N)C(C)C.CC(=O)C(C)(NC(=O)C(C)c1ccc(Cl)cc1)C(C)C.CC(C(=O)Cl)c1ccc(Cl)cc1.CC1=NC(C)(C(C)C)C(=O)O1.CCOC(=O)CC(=O)C(C)(NC(C)=O)C(C)C.CCOC(=O)CC(=O)[O-].Cl.[K+]. The Hall–Kier alpha value is -3.63. The first-order valence-corrected chi connectivity index (χ1v) is 26.6. The van der Waals surface area contributed by atoms with Crippen LogP contribution in [0.5, 0.6) is 0 Å². The van der Waals surface area contributed by atoms with Crippen molar-refractivity contribution < 1.29 is 119 Å². The van der Waals surface area contributed by atoms with Crippen molar-refractivity contribution in [2.45, 2.75) is 185 Å². The third-order valence-corrected chi connectivity index (χ3v) is 14.1. The van der Waals surface area contributed by atoms with E-state index in [9.17, 15) is 53.1 Å². The second-order valence-electron chi connectivity index (χ2n) is 20.4. The van der Waals surface area contributed by atoms with Gasteiger partial charge in [0.25, 0.3) is 0 Å². The smallest absolute Gasteiger partial charge is 0.550 e. The molecule has 23 heteroatoms. The third kappa shape index (κ3) is 31.1. The molecule has 4 N–H and O–H groups in total. The van der Waals surface area contributed by atoms with Crippen LogP contribution < -0.4 is 72.9 Å². The molecule has 6 unspecified atom stereocenters. The number of carboxylic acid groups (broad SMARTS) is 1. The molecule has 0 spiro atoms. The first kappa shape index (κ1) is 85.2. The Bertz CT molecular complexity index is 2370. The van der Waals surface area contributed by atoms with E-state index in [0.29, 0.717) is 15.9 Å². The number of rotatable bonds is 19. The number of esters is 3. The number of ketones is 3.